The standard InChI is InChI=1S/C11H21N5S/c1-12-11-14-13-10(17-11)8-16(3)9-4-6-15(2)7-5-9/h9H,4-8H2,1-3H3,(H,12,14). The van der Waals surface area contributed by atoms with E-state index in [9.17, 15) is 0 Å². The van der Waals surface area contributed by atoms with Crippen molar-refractivity contribution in [3.63, 3.8) is 0 Å². The topological polar surface area (TPSA) is 44.3 Å². The first-order valence-corrected chi connectivity index (χ1v) is 6.89. The van der Waals surface area contributed by atoms with Gasteiger partial charge in [0.2, 0.25) is 5.13 Å². The molecule has 0 spiro atoms. The molecule has 0 bridgehead atoms. The first kappa shape index (κ1) is 12.7. The van der Waals surface area contributed by atoms with E-state index in [-0.39, 0.29) is 0 Å². The maximum Gasteiger partial charge on any atom is 0.205 e. The summed E-state index contributed by atoms with van der Waals surface area (Å²) in [5.41, 5.74) is 0. The van der Waals surface area contributed by atoms with Crippen LogP contribution >= 0.6 is 11.3 Å². The zero-order chi connectivity index (χ0) is 12.3. The number of hydrogen-bond acceptors (Lipinski definition) is 6. The summed E-state index contributed by atoms with van der Waals surface area (Å²) in [5, 5.41) is 13.3. The Morgan fingerprint density at radius 1 is 1.41 bits per heavy atom. The average molecular weight is 255 g/mol. The molecule has 1 aromatic heterocycles. The Bertz CT molecular complexity index is 345. The third-order valence-corrected chi connectivity index (χ3v) is 4.30. The Labute approximate surface area is 107 Å². The monoisotopic (exact) mass is 255 g/mol. The first-order chi connectivity index (χ1) is 8.19. The third-order valence-electron chi connectivity index (χ3n) is 3.38. The Morgan fingerprint density at radius 2 is 2.12 bits per heavy atom. The van der Waals surface area contributed by atoms with Crippen LogP contribution in [0.15, 0.2) is 0 Å². The third kappa shape index (κ3) is 3.37. The van der Waals surface area contributed by atoms with Crippen LogP contribution in [0.4, 0.5) is 5.13 Å². The Balaban J connectivity index is 1.85. The van der Waals surface area contributed by atoms with Gasteiger partial charge in [-0.1, -0.05) is 11.3 Å². The summed E-state index contributed by atoms with van der Waals surface area (Å²) in [6.07, 6.45) is 2.51. The van der Waals surface area contributed by atoms with Gasteiger partial charge in [-0.05, 0) is 40.0 Å². The van der Waals surface area contributed by atoms with Crippen LogP contribution in [0.3, 0.4) is 0 Å². The molecule has 96 valence electrons. The number of hydrogen-bond donors (Lipinski definition) is 1. The number of rotatable bonds is 4. The van der Waals surface area contributed by atoms with E-state index in [1.54, 1.807) is 11.3 Å². The zero-order valence-corrected chi connectivity index (χ0v) is 11.6. The second-order valence-corrected chi connectivity index (χ2v) is 5.76. The molecule has 0 atom stereocenters. The van der Waals surface area contributed by atoms with Gasteiger partial charge < -0.3 is 10.2 Å². The smallest absolute Gasteiger partial charge is 0.205 e. The molecule has 2 rings (SSSR count). The van der Waals surface area contributed by atoms with Crippen LogP contribution in [-0.2, 0) is 6.54 Å². The summed E-state index contributed by atoms with van der Waals surface area (Å²) in [5.74, 6) is 0. The van der Waals surface area contributed by atoms with Gasteiger partial charge in [-0.15, -0.1) is 10.2 Å². The lowest BCUT2D eigenvalue weighted by molar-refractivity contribution is 0.139. The highest BCUT2D eigenvalue weighted by Gasteiger charge is 2.21. The number of nitrogens with one attached hydrogen (secondary N) is 1. The molecule has 1 fully saturated rings. The summed E-state index contributed by atoms with van der Waals surface area (Å²) >= 11 is 1.64. The molecule has 1 N–H and O–H groups in total. The van der Waals surface area contributed by atoms with Crippen molar-refractivity contribution in [2.24, 2.45) is 0 Å². The number of nitrogens with zero attached hydrogens (tertiary/aromatic N) is 4. The second kappa shape index (κ2) is 5.75. The zero-order valence-electron chi connectivity index (χ0n) is 10.8. The van der Waals surface area contributed by atoms with E-state index < -0.39 is 0 Å². The van der Waals surface area contributed by atoms with Crippen LogP contribution in [0.1, 0.15) is 17.8 Å². The van der Waals surface area contributed by atoms with Gasteiger partial charge in [0.15, 0.2) is 0 Å². The van der Waals surface area contributed by atoms with Crippen molar-refractivity contribution in [2.45, 2.75) is 25.4 Å². The molecule has 1 saturated heterocycles. The fourth-order valence-electron chi connectivity index (χ4n) is 2.20. The van der Waals surface area contributed by atoms with E-state index in [4.69, 9.17) is 0 Å². The van der Waals surface area contributed by atoms with Crippen LogP contribution in [0.2, 0.25) is 0 Å². The summed E-state index contributed by atoms with van der Waals surface area (Å²) < 4.78 is 0. The maximum absolute atomic E-state index is 4.19. The summed E-state index contributed by atoms with van der Waals surface area (Å²) in [6.45, 7) is 3.31. The van der Waals surface area contributed by atoms with Gasteiger partial charge in [-0.2, -0.15) is 0 Å². The molecule has 0 radical (unpaired) electrons. The van der Waals surface area contributed by atoms with Crippen molar-refractivity contribution in [1.82, 2.24) is 20.0 Å². The molecule has 17 heavy (non-hydrogen) atoms. The summed E-state index contributed by atoms with van der Waals surface area (Å²) in [7, 11) is 6.27. The lowest BCUT2D eigenvalue weighted by Crippen LogP contribution is -2.41. The van der Waals surface area contributed by atoms with Crippen molar-refractivity contribution in [3.05, 3.63) is 5.01 Å². The lowest BCUT2D eigenvalue weighted by atomic mass is 10.0. The summed E-state index contributed by atoms with van der Waals surface area (Å²) in [4.78, 5) is 4.81. The maximum atomic E-state index is 4.19. The van der Waals surface area contributed by atoms with Crippen molar-refractivity contribution in [1.29, 1.82) is 0 Å². The molecule has 0 unspecified atom stereocenters. The van der Waals surface area contributed by atoms with Gasteiger partial charge in [-0.25, -0.2) is 0 Å². The first-order valence-electron chi connectivity index (χ1n) is 6.08. The van der Waals surface area contributed by atoms with Gasteiger partial charge in [0.05, 0.1) is 6.54 Å². The van der Waals surface area contributed by atoms with Gasteiger partial charge >= 0.3 is 0 Å². The molecule has 0 aliphatic carbocycles. The van der Waals surface area contributed by atoms with E-state index >= 15 is 0 Å². The Morgan fingerprint density at radius 3 is 2.71 bits per heavy atom. The highest BCUT2D eigenvalue weighted by Crippen LogP contribution is 2.20. The Kier molecular flexibility index (Phi) is 4.31. The minimum absolute atomic E-state index is 0.688. The molecule has 0 saturated carbocycles. The van der Waals surface area contributed by atoms with Crippen molar-refractivity contribution in [3.8, 4) is 0 Å². The second-order valence-electron chi connectivity index (χ2n) is 4.70. The molecular weight excluding hydrogens is 234 g/mol. The predicted octanol–water partition coefficient (Wildman–Crippen LogP) is 1.11. The SMILES string of the molecule is CNc1nnc(CN(C)C2CCN(C)CC2)s1. The average Bonchev–Trinajstić information content (AvgIpc) is 2.77. The van der Waals surface area contributed by atoms with Crippen molar-refractivity contribution in [2.75, 3.05) is 39.5 Å². The lowest BCUT2D eigenvalue weighted by Gasteiger charge is -2.34. The van der Waals surface area contributed by atoms with Crippen LogP contribution in [0.25, 0.3) is 0 Å². The normalized spacial score (nSPS) is 18.8. The fourth-order valence-corrected chi connectivity index (χ4v) is 2.95. The quantitative estimate of drug-likeness (QED) is 0.873. The molecular formula is C11H21N5S. The van der Waals surface area contributed by atoms with Gasteiger partial charge in [0.1, 0.15) is 5.01 Å². The molecule has 0 aromatic carbocycles. The largest absolute Gasteiger partial charge is 0.363 e. The summed E-state index contributed by atoms with van der Waals surface area (Å²) in [6, 6.07) is 0.688. The molecule has 1 aromatic rings. The van der Waals surface area contributed by atoms with Crippen LogP contribution in [0.5, 0.6) is 0 Å². The van der Waals surface area contributed by atoms with E-state index in [1.807, 2.05) is 7.05 Å². The number of aromatic nitrogens is 2. The van der Waals surface area contributed by atoms with E-state index in [1.165, 1.54) is 25.9 Å². The highest BCUT2D eigenvalue weighted by atomic mass is 32.1. The molecule has 1 aliphatic heterocycles. The molecule has 0 amide bonds. The minimum Gasteiger partial charge on any atom is -0.363 e. The van der Waals surface area contributed by atoms with Gasteiger partial charge in [0.25, 0.3) is 0 Å². The number of likely N-dealkylation sites (tertiary alicyclic amines) is 1. The predicted molar refractivity (Wildman–Crippen MR) is 71.4 cm³/mol. The molecule has 6 heteroatoms. The van der Waals surface area contributed by atoms with Crippen molar-refractivity contribution >= 4 is 16.5 Å². The number of piperidine rings is 1. The van der Waals surface area contributed by atoms with E-state index in [0.717, 1.165) is 16.7 Å². The molecule has 1 aliphatic rings. The van der Waals surface area contributed by atoms with Crippen LogP contribution in [0, 0.1) is 0 Å². The van der Waals surface area contributed by atoms with Crippen LogP contribution < -0.4 is 5.32 Å². The number of anilines is 1. The van der Waals surface area contributed by atoms with Crippen molar-refractivity contribution < 1.29 is 0 Å². The van der Waals surface area contributed by atoms with E-state index in [0.29, 0.717) is 6.04 Å². The highest BCUT2D eigenvalue weighted by molar-refractivity contribution is 7.15. The van der Waals surface area contributed by atoms with Gasteiger partial charge in [0, 0.05) is 13.1 Å². The Hall–Kier alpha value is -0.720. The van der Waals surface area contributed by atoms with Gasteiger partial charge in [-0.3, -0.25) is 4.90 Å². The molecule has 5 nitrogen and oxygen atoms in total. The minimum atomic E-state index is 0.688. The van der Waals surface area contributed by atoms with Crippen LogP contribution in [-0.4, -0.2) is 60.3 Å². The molecule has 2 heterocycles. The van der Waals surface area contributed by atoms with E-state index in [2.05, 4.69) is 39.4 Å². The fraction of sp³-hybridized carbons (Fsp3) is 0.818.